The van der Waals surface area contributed by atoms with Gasteiger partial charge < -0.3 is 5.32 Å². The maximum Gasteiger partial charge on any atom is 0.271 e. The number of hydrogen-bond donors (Lipinski definition) is 2. The highest BCUT2D eigenvalue weighted by molar-refractivity contribution is 6.44. The van der Waals surface area contributed by atoms with Gasteiger partial charge in [0.1, 0.15) is 0 Å². The molecule has 0 bridgehead atoms. The van der Waals surface area contributed by atoms with E-state index in [1.165, 1.54) is 0 Å². The van der Waals surface area contributed by atoms with Crippen molar-refractivity contribution < 1.29 is 9.72 Å². The predicted octanol–water partition coefficient (Wildman–Crippen LogP) is 2.55. The lowest BCUT2D eigenvalue weighted by atomic mass is 10.2. The second-order valence-corrected chi connectivity index (χ2v) is 4.62. The van der Waals surface area contributed by atoms with Crippen LogP contribution in [0.4, 0.5) is 5.69 Å². The van der Waals surface area contributed by atoms with Crippen molar-refractivity contribution in [2.24, 2.45) is 0 Å². The van der Waals surface area contributed by atoms with Gasteiger partial charge >= 0.3 is 0 Å². The van der Waals surface area contributed by atoms with E-state index in [9.17, 15) is 14.9 Å². The summed E-state index contributed by atoms with van der Waals surface area (Å²) in [4.78, 5) is 22.1. The number of carbonyl (C=O) groups excluding carboxylic acids is 1. The van der Waals surface area contributed by atoms with Crippen LogP contribution in [0.5, 0.6) is 0 Å². The Morgan fingerprint density at radius 1 is 1.45 bits per heavy atom. The molecule has 0 saturated heterocycles. The maximum absolute atomic E-state index is 12.0. The van der Waals surface area contributed by atoms with Crippen LogP contribution < -0.4 is 5.32 Å². The topological polar surface area (TPSA) is 101 Å². The largest absolute Gasteiger partial charge is 0.348 e. The van der Waals surface area contributed by atoms with Crippen molar-refractivity contribution >= 4 is 34.8 Å². The molecule has 0 aliphatic carbocycles. The number of nitrogens with zero attached hydrogens (tertiary/aromatic N) is 2. The van der Waals surface area contributed by atoms with Gasteiger partial charge in [0.25, 0.3) is 11.6 Å². The average molecular weight is 315 g/mol. The molecule has 0 atom stereocenters. The van der Waals surface area contributed by atoms with Crippen molar-refractivity contribution in [3.05, 3.63) is 55.8 Å². The SMILES string of the molecule is O=C(NCc1cn[nH]c1)c1cc([N+](=O)[O-])cc(Cl)c1Cl. The number of benzene rings is 1. The molecule has 2 rings (SSSR count). The number of halogens is 2. The Kier molecular flexibility index (Phi) is 4.21. The summed E-state index contributed by atoms with van der Waals surface area (Å²) in [6, 6.07) is 2.18. The van der Waals surface area contributed by atoms with Crippen molar-refractivity contribution in [3.8, 4) is 0 Å². The standard InChI is InChI=1S/C11H8Cl2N4O3/c12-9-2-7(17(19)20)1-8(10(9)13)11(18)14-3-6-4-15-16-5-6/h1-2,4-5H,3H2,(H,14,18)(H,15,16). The summed E-state index contributed by atoms with van der Waals surface area (Å²) in [5.41, 5.74) is 0.410. The highest BCUT2D eigenvalue weighted by atomic mass is 35.5. The molecule has 0 spiro atoms. The number of nitro benzene ring substituents is 1. The number of nitro groups is 1. The Hall–Kier alpha value is -2.12. The highest BCUT2D eigenvalue weighted by Crippen LogP contribution is 2.30. The van der Waals surface area contributed by atoms with Gasteiger partial charge in [-0.25, -0.2) is 0 Å². The molecule has 7 nitrogen and oxygen atoms in total. The smallest absolute Gasteiger partial charge is 0.271 e. The second kappa shape index (κ2) is 5.89. The van der Waals surface area contributed by atoms with Crippen LogP contribution in [0, 0.1) is 10.1 Å². The molecule has 1 aromatic carbocycles. The number of non-ortho nitro benzene ring substituents is 1. The summed E-state index contributed by atoms with van der Waals surface area (Å²) in [5.74, 6) is -0.554. The molecule has 0 fully saturated rings. The molecular weight excluding hydrogens is 307 g/mol. The number of nitrogens with one attached hydrogen (secondary N) is 2. The molecule has 104 valence electrons. The van der Waals surface area contributed by atoms with E-state index in [2.05, 4.69) is 15.5 Å². The maximum atomic E-state index is 12.0. The van der Waals surface area contributed by atoms with Gasteiger partial charge in [-0.3, -0.25) is 20.0 Å². The first-order valence-electron chi connectivity index (χ1n) is 5.38. The Bertz CT molecular complexity index is 658. The quantitative estimate of drug-likeness (QED) is 0.668. The first kappa shape index (κ1) is 14.3. The molecule has 9 heteroatoms. The summed E-state index contributed by atoms with van der Waals surface area (Å²) in [7, 11) is 0. The zero-order valence-corrected chi connectivity index (χ0v) is 11.4. The third-order valence-corrected chi connectivity index (χ3v) is 3.28. The number of aromatic amines is 1. The van der Waals surface area contributed by atoms with Crippen molar-refractivity contribution in [3.63, 3.8) is 0 Å². The van der Waals surface area contributed by atoms with E-state index >= 15 is 0 Å². The van der Waals surface area contributed by atoms with E-state index in [4.69, 9.17) is 23.2 Å². The fourth-order valence-electron chi connectivity index (χ4n) is 1.50. The number of aromatic nitrogens is 2. The third kappa shape index (κ3) is 3.06. The van der Waals surface area contributed by atoms with E-state index in [0.717, 1.165) is 17.7 Å². The van der Waals surface area contributed by atoms with Crippen LogP contribution in [0.3, 0.4) is 0 Å². The van der Waals surface area contributed by atoms with Crippen molar-refractivity contribution in [2.75, 3.05) is 0 Å². The van der Waals surface area contributed by atoms with Crippen LogP contribution in [-0.2, 0) is 6.54 Å². The number of H-pyrrole nitrogens is 1. The molecule has 2 N–H and O–H groups in total. The summed E-state index contributed by atoms with van der Waals surface area (Å²) in [5, 5.41) is 19.6. The molecule has 0 unspecified atom stereocenters. The zero-order chi connectivity index (χ0) is 14.7. The lowest BCUT2D eigenvalue weighted by molar-refractivity contribution is -0.384. The van der Waals surface area contributed by atoms with E-state index in [0.29, 0.717) is 0 Å². The predicted molar refractivity (Wildman–Crippen MR) is 72.9 cm³/mol. The number of hydrogen-bond acceptors (Lipinski definition) is 4. The monoisotopic (exact) mass is 314 g/mol. The van der Waals surface area contributed by atoms with Gasteiger partial charge in [0.05, 0.1) is 26.7 Å². The summed E-state index contributed by atoms with van der Waals surface area (Å²) in [6.45, 7) is 0.214. The lowest BCUT2D eigenvalue weighted by Crippen LogP contribution is -2.23. The Labute approximate surface area is 123 Å². The van der Waals surface area contributed by atoms with E-state index < -0.39 is 10.8 Å². The second-order valence-electron chi connectivity index (χ2n) is 3.84. The van der Waals surface area contributed by atoms with Crippen LogP contribution in [0.2, 0.25) is 10.0 Å². The molecule has 2 aromatic rings. The molecule has 1 amide bonds. The Balaban J connectivity index is 2.22. The third-order valence-electron chi connectivity index (χ3n) is 2.48. The van der Waals surface area contributed by atoms with Gasteiger partial charge in [0.15, 0.2) is 0 Å². The van der Waals surface area contributed by atoms with E-state index in [-0.39, 0.29) is 27.8 Å². The minimum atomic E-state index is -0.644. The molecule has 0 aliphatic rings. The van der Waals surface area contributed by atoms with Gasteiger partial charge in [0, 0.05) is 30.4 Å². The normalized spacial score (nSPS) is 10.3. The molecule has 0 aliphatic heterocycles. The van der Waals surface area contributed by atoms with E-state index in [1.54, 1.807) is 12.4 Å². The molecule has 0 saturated carbocycles. The van der Waals surface area contributed by atoms with Crippen molar-refractivity contribution in [1.82, 2.24) is 15.5 Å². The number of carbonyl (C=O) groups is 1. The average Bonchev–Trinajstić information content (AvgIpc) is 2.92. The lowest BCUT2D eigenvalue weighted by Gasteiger charge is -2.07. The first-order chi connectivity index (χ1) is 9.49. The van der Waals surface area contributed by atoms with Gasteiger partial charge in [-0.15, -0.1) is 0 Å². The van der Waals surface area contributed by atoms with Gasteiger partial charge in [-0.05, 0) is 0 Å². The molecule has 1 aromatic heterocycles. The fraction of sp³-hybridized carbons (Fsp3) is 0.0909. The van der Waals surface area contributed by atoms with Crippen molar-refractivity contribution in [2.45, 2.75) is 6.54 Å². The minimum Gasteiger partial charge on any atom is -0.348 e. The number of rotatable bonds is 4. The van der Waals surface area contributed by atoms with Crippen molar-refractivity contribution in [1.29, 1.82) is 0 Å². The number of amides is 1. The summed E-state index contributed by atoms with van der Waals surface area (Å²) >= 11 is 11.7. The van der Waals surface area contributed by atoms with E-state index in [1.807, 2.05) is 0 Å². The Morgan fingerprint density at radius 2 is 2.20 bits per heavy atom. The Morgan fingerprint density at radius 3 is 2.80 bits per heavy atom. The highest BCUT2D eigenvalue weighted by Gasteiger charge is 2.19. The van der Waals surface area contributed by atoms with Crippen LogP contribution >= 0.6 is 23.2 Å². The van der Waals surface area contributed by atoms with Crippen LogP contribution in [0.1, 0.15) is 15.9 Å². The fourth-order valence-corrected chi connectivity index (χ4v) is 1.91. The zero-order valence-electron chi connectivity index (χ0n) is 9.89. The van der Waals surface area contributed by atoms with Crippen LogP contribution in [0.25, 0.3) is 0 Å². The van der Waals surface area contributed by atoms with Gasteiger partial charge in [-0.1, -0.05) is 23.2 Å². The first-order valence-corrected chi connectivity index (χ1v) is 6.14. The molecule has 0 radical (unpaired) electrons. The minimum absolute atomic E-state index is 0.0260. The van der Waals surface area contributed by atoms with Crippen LogP contribution in [-0.4, -0.2) is 21.0 Å². The molecule has 20 heavy (non-hydrogen) atoms. The summed E-state index contributed by atoms with van der Waals surface area (Å²) < 4.78 is 0. The van der Waals surface area contributed by atoms with Crippen LogP contribution in [0.15, 0.2) is 24.5 Å². The molecule has 1 heterocycles. The molecular formula is C11H8Cl2N4O3. The summed E-state index contributed by atoms with van der Waals surface area (Å²) in [6.07, 6.45) is 3.16. The van der Waals surface area contributed by atoms with Gasteiger partial charge in [0.2, 0.25) is 0 Å². The van der Waals surface area contributed by atoms with Gasteiger partial charge in [-0.2, -0.15) is 5.10 Å².